The summed E-state index contributed by atoms with van der Waals surface area (Å²) >= 11 is 3.06. The van der Waals surface area contributed by atoms with Crippen molar-refractivity contribution in [3.63, 3.8) is 0 Å². The highest BCUT2D eigenvalue weighted by Gasteiger charge is 2.06. The zero-order valence-corrected chi connectivity index (χ0v) is 11.4. The van der Waals surface area contributed by atoms with Gasteiger partial charge in [0.15, 0.2) is 5.13 Å². The highest BCUT2D eigenvalue weighted by atomic mass is 32.1. The third-order valence-corrected chi connectivity index (χ3v) is 3.71. The SMILES string of the molecule is C/C=C/C=C/C(=O)Nc1nc(-c2cccs2)cs1. The fourth-order valence-electron chi connectivity index (χ4n) is 1.27. The maximum Gasteiger partial charge on any atom is 0.250 e. The number of anilines is 1. The molecule has 1 N–H and O–H groups in total. The van der Waals surface area contributed by atoms with Gasteiger partial charge in [-0.05, 0) is 18.4 Å². The molecule has 2 aromatic heterocycles. The highest BCUT2D eigenvalue weighted by Crippen LogP contribution is 2.28. The molecular formula is C13H12N2OS2. The minimum Gasteiger partial charge on any atom is -0.298 e. The van der Waals surface area contributed by atoms with Crippen LogP contribution in [0.2, 0.25) is 0 Å². The summed E-state index contributed by atoms with van der Waals surface area (Å²) in [6, 6.07) is 3.99. The summed E-state index contributed by atoms with van der Waals surface area (Å²) in [5.74, 6) is -0.167. The fourth-order valence-corrected chi connectivity index (χ4v) is 2.74. The van der Waals surface area contributed by atoms with Crippen molar-refractivity contribution in [2.75, 3.05) is 5.32 Å². The molecule has 0 unspecified atom stereocenters. The zero-order chi connectivity index (χ0) is 12.8. The molecule has 0 atom stereocenters. The molecular weight excluding hydrogens is 264 g/mol. The van der Waals surface area contributed by atoms with Crippen molar-refractivity contribution >= 4 is 33.7 Å². The average molecular weight is 276 g/mol. The second-order valence-electron chi connectivity index (χ2n) is 3.39. The Labute approximate surface area is 114 Å². The Bertz CT molecular complexity index is 568. The first-order valence-corrected chi connectivity index (χ1v) is 7.15. The average Bonchev–Trinajstić information content (AvgIpc) is 2.98. The molecule has 0 radical (unpaired) electrons. The van der Waals surface area contributed by atoms with E-state index in [1.807, 2.05) is 35.9 Å². The summed E-state index contributed by atoms with van der Waals surface area (Å²) in [5.41, 5.74) is 0.905. The summed E-state index contributed by atoms with van der Waals surface area (Å²) in [6.45, 7) is 1.90. The van der Waals surface area contributed by atoms with Crippen molar-refractivity contribution in [2.45, 2.75) is 6.92 Å². The van der Waals surface area contributed by atoms with Crippen LogP contribution in [0.4, 0.5) is 5.13 Å². The van der Waals surface area contributed by atoms with E-state index >= 15 is 0 Å². The van der Waals surface area contributed by atoms with Gasteiger partial charge in [-0.15, -0.1) is 22.7 Å². The van der Waals surface area contributed by atoms with Gasteiger partial charge in [-0.3, -0.25) is 10.1 Å². The van der Waals surface area contributed by atoms with Gasteiger partial charge in [-0.25, -0.2) is 4.98 Å². The van der Waals surface area contributed by atoms with E-state index in [2.05, 4.69) is 10.3 Å². The Morgan fingerprint density at radius 3 is 3.00 bits per heavy atom. The van der Waals surface area contributed by atoms with Crippen molar-refractivity contribution in [2.24, 2.45) is 0 Å². The van der Waals surface area contributed by atoms with E-state index in [4.69, 9.17) is 0 Å². The van der Waals surface area contributed by atoms with Crippen LogP contribution in [-0.4, -0.2) is 10.9 Å². The Balaban J connectivity index is 2.01. The number of hydrogen-bond donors (Lipinski definition) is 1. The van der Waals surface area contributed by atoms with Gasteiger partial charge in [0.1, 0.15) is 0 Å². The van der Waals surface area contributed by atoms with Crippen LogP contribution in [0.25, 0.3) is 10.6 Å². The lowest BCUT2D eigenvalue weighted by atomic mass is 10.4. The normalized spacial score (nSPS) is 11.4. The highest BCUT2D eigenvalue weighted by molar-refractivity contribution is 7.16. The van der Waals surface area contributed by atoms with Crippen LogP contribution in [0, 0.1) is 0 Å². The number of thiophene rings is 1. The standard InChI is InChI=1S/C13H12N2OS2/c1-2-3-4-7-12(16)15-13-14-10(9-18-13)11-6-5-8-17-11/h2-9H,1H3,(H,14,15,16)/b3-2+,7-4+. The van der Waals surface area contributed by atoms with Crippen LogP contribution in [0.5, 0.6) is 0 Å². The number of rotatable bonds is 4. The number of allylic oxidation sites excluding steroid dienone is 3. The lowest BCUT2D eigenvalue weighted by Gasteiger charge is -1.94. The van der Waals surface area contributed by atoms with E-state index in [1.165, 1.54) is 17.4 Å². The molecule has 18 heavy (non-hydrogen) atoms. The molecule has 2 rings (SSSR count). The van der Waals surface area contributed by atoms with Crippen molar-refractivity contribution < 1.29 is 4.79 Å². The molecule has 0 saturated heterocycles. The Kier molecular flexibility index (Phi) is 4.44. The van der Waals surface area contributed by atoms with Gasteiger partial charge in [0.2, 0.25) is 5.91 Å². The maximum absolute atomic E-state index is 11.5. The number of amides is 1. The van der Waals surface area contributed by atoms with Gasteiger partial charge in [-0.1, -0.05) is 24.3 Å². The molecule has 2 aromatic rings. The van der Waals surface area contributed by atoms with Crippen LogP contribution >= 0.6 is 22.7 Å². The Hall–Kier alpha value is -1.72. The first-order chi connectivity index (χ1) is 8.79. The molecule has 1 amide bonds. The fraction of sp³-hybridized carbons (Fsp3) is 0.0769. The van der Waals surface area contributed by atoms with E-state index in [0.717, 1.165) is 10.6 Å². The van der Waals surface area contributed by atoms with E-state index in [0.29, 0.717) is 5.13 Å². The summed E-state index contributed by atoms with van der Waals surface area (Å²) in [6.07, 6.45) is 6.84. The van der Waals surface area contributed by atoms with Crippen LogP contribution in [0.3, 0.4) is 0 Å². The predicted octanol–water partition coefficient (Wildman–Crippen LogP) is 3.94. The molecule has 0 bridgehead atoms. The minimum absolute atomic E-state index is 0.167. The van der Waals surface area contributed by atoms with Crippen molar-refractivity contribution in [1.82, 2.24) is 4.98 Å². The number of carbonyl (C=O) groups excluding carboxylic acids is 1. The van der Waals surface area contributed by atoms with Crippen molar-refractivity contribution in [3.8, 4) is 10.6 Å². The first-order valence-electron chi connectivity index (χ1n) is 5.39. The maximum atomic E-state index is 11.5. The van der Waals surface area contributed by atoms with Gasteiger partial charge in [0.25, 0.3) is 0 Å². The molecule has 0 aliphatic heterocycles. The van der Waals surface area contributed by atoms with Crippen LogP contribution in [-0.2, 0) is 4.79 Å². The summed E-state index contributed by atoms with van der Waals surface area (Å²) in [7, 11) is 0. The molecule has 0 saturated carbocycles. The Morgan fingerprint density at radius 2 is 2.28 bits per heavy atom. The van der Waals surface area contributed by atoms with Gasteiger partial charge < -0.3 is 0 Å². The number of aromatic nitrogens is 1. The third-order valence-electron chi connectivity index (χ3n) is 2.06. The van der Waals surface area contributed by atoms with Crippen LogP contribution in [0.1, 0.15) is 6.92 Å². The number of thiazole rings is 1. The van der Waals surface area contributed by atoms with E-state index < -0.39 is 0 Å². The lowest BCUT2D eigenvalue weighted by Crippen LogP contribution is -2.07. The quantitative estimate of drug-likeness (QED) is 0.679. The monoisotopic (exact) mass is 276 g/mol. The molecule has 0 aromatic carbocycles. The topological polar surface area (TPSA) is 42.0 Å². The second kappa shape index (κ2) is 6.28. The predicted molar refractivity (Wildman–Crippen MR) is 78.0 cm³/mol. The molecule has 2 heterocycles. The number of nitrogens with one attached hydrogen (secondary N) is 1. The van der Waals surface area contributed by atoms with Crippen molar-refractivity contribution in [3.05, 3.63) is 47.2 Å². The van der Waals surface area contributed by atoms with Crippen LogP contribution < -0.4 is 5.32 Å². The molecule has 0 spiro atoms. The van der Waals surface area contributed by atoms with E-state index in [1.54, 1.807) is 23.5 Å². The van der Waals surface area contributed by atoms with Gasteiger partial charge in [-0.2, -0.15) is 0 Å². The molecule has 5 heteroatoms. The van der Waals surface area contributed by atoms with Crippen LogP contribution in [0.15, 0.2) is 47.2 Å². The zero-order valence-electron chi connectivity index (χ0n) is 9.79. The molecule has 0 aliphatic rings. The van der Waals surface area contributed by atoms with E-state index in [9.17, 15) is 4.79 Å². The number of hydrogen-bond acceptors (Lipinski definition) is 4. The summed E-state index contributed by atoms with van der Waals surface area (Å²) in [4.78, 5) is 17.0. The van der Waals surface area contributed by atoms with Gasteiger partial charge >= 0.3 is 0 Å². The third kappa shape index (κ3) is 3.38. The molecule has 92 valence electrons. The largest absolute Gasteiger partial charge is 0.298 e. The minimum atomic E-state index is -0.167. The summed E-state index contributed by atoms with van der Waals surface area (Å²) < 4.78 is 0. The second-order valence-corrected chi connectivity index (χ2v) is 5.20. The van der Waals surface area contributed by atoms with E-state index in [-0.39, 0.29) is 5.91 Å². The molecule has 0 fully saturated rings. The Morgan fingerprint density at radius 1 is 1.39 bits per heavy atom. The van der Waals surface area contributed by atoms with Gasteiger partial charge in [0.05, 0.1) is 10.6 Å². The smallest absolute Gasteiger partial charge is 0.250 e. The molecule has 0 aliphatic carbocycles. The van der Waals surface area contributed by atoms with Crippen molar-refractivity contribution in [1.29, 1.82) is 0 Å². The van der Waals surface area contributed by atoms with Gasteiger partial charge in [0, 0.05) is 11.5 Å². The summed E-state index contributed by atoms with van der Waals surface area (Å²) in [5, 5.41) is 7.30. The number of carbonyl (C=O) groups is 1. The first kappa shape index (κ1) is 12.7. The molecule has 3 nitrogen and oxygen atoms in total. The number of nitrogens with zero attached hydrogens (tertiary/aromatic N) is 1. The lowest BCUT2D eigenvalue weighted by molar-refractivity contribution is -0.111.